The molecular weight excluding hydrogens is 328 g/mol. The Bertz CT molecular complexity index is 744. The van der Waals surface area contributed by atoms with Gasteiger partial charge in [0.2, 0.25) is 16.9 Å². The van der Waals surface area contributed by atoms with Crippen molar-refractivity contribution in [2.45, 2.75) is 25.7 Å². The second-order valence-corrected chi connectivity index (χ2v) is 6.46. The fourth-order valence-electron chi connectivity index (χ4n) is 2.54. The van der Waals surface area contributed by atoms with E-state index in [0.717, 1.165) is 16.4 Å². The van der Waals surface area contributed by atoms with E-state index < -0.39 is 0 Å². The van der Waals surface area contributed by atoms with Crippen LogP contribution in [-0.4, -0.2) is 35.7 Å². The molecule has 3 rings (SSSR count). The minimum absolute atomic E-state index is 0.00983. The van der Waals surface area contributed by atoms with E-state index in [2.05, 4.69) is 15.5 Å². The lowest BCUT2D eigenvalue weighted by Gasteiger charge is -2.16. The van der Waals surface area contributed by atoms with Crippen molar-refractivity contribution in [3.63, 3.8) is 0 Å². The summed E-state index contributed by atoms with van der Waals surface area (Å²) in [5.41, 5.74) is 0.840. The number of aromatic nitrogens is 2. The Hall–Kier alpha value is -2.48. The van der Waals surface area contributed by atoms with Crippen molar-refractivity contribution in [3.8, 4) is 5.75 Å². The van der Waals surface area contributed by atoms with Gasteiger partial charge >= 0.3 is 0 Å². The van der Waals surface area contributed by atoms with Gasteiger partial charge in [-0.3, -0.25) is 9.59 Å². The number of amides is 2. The normalized spacial score (nSPS) is 17.2. The van der Waals surface area contributed by atoms with Gasteiger partial charge in [-0.25, -0.2) is 0 Å². The van der Waals surface area contributed by atoms with Gasteiger partial charge in [-0.05, 0) is 24.3 Å². The number of nitrogens with zero attached hydrogens (tertiary/aromatic N) is 3. The summed E-state index contributed by atoms with van der Waals surface area (Å²) in [6.45, 7) is 2.33. The molecule has 1 N–H and O–H groups in total. The first-order valence-electron chi connectivity index (χ1n) is 7.68. The number of rotatable bonds is 5. The van der Waals surface area contributed by atoms with Crippen LogP contribution < -0.4 is 15.0 Å². The van der Waals surface area contributed by atoms with Crippen molar-refractivity contribution in [1.82, 2.24) is 10.2 Å². The highest BCUT2D eigenvalue weighted by Crippen LogP contribution is 2.34. The molecule has 0 bridgehead atoms. The average molecular weight is 346 g/mol. The monoisotopic (exact) mass is 346 g/mol. The molecule has 2 heterocycles. The number of nitrogens with one attached hydrogen (secondary N) is 1. The van der Waals surface area contributed by atoms with Gasteiger partial charge in [0.25, 0.3) is 0 Å². The van der Waals surface area contributed by atoms with Crippen LogP contribution in [0, 0.1) is 0 Å². The number of ether oxygens (including phenoxy) is 1. The predicted octanol–water partition coefficient (Wildman–Crippen LogP) is 2.42. The molecule has 24 heavy (non-hydrogen) atoms. The van der Waals surface area contributed by atoms with Gasteiger partial charge in [0, 0.05) is 31.0 Å². The van der Waals surface area contributed by atoms with E-state index in [0.29, 0.717) is 24.5 Å². The van der Waals surface area contributed by atoms with Gasteiger partial charge in [-0.1, -0.05) is 18.3 Å². The molecule has 1 fully saturated rings. The molecule has 0 radical (unpaired) electrons. The summed E-state index contributed by atoms with van der Waals surface area (Å²) in [5, 5.41) is 12.1. The maximum atomic E-state index is 12.3. The fourth-order valence-corrected chi connectivity index (χ4v) is 3.39. The first-order valence-corrected chi connectivity index (χ1v) is 8.50. The molecule has 1 atom stereocenters. The molecule has 8 heteroatoms. The van der Waals surface area contributed by atoms with Crippen LogP contribution >= 0.6 is 11.3 Å². The van der Waals surface area contributed by atoms with E-state index in [1.807, 2.05) is 24.3 Å². The third-order valence-corrected chi connectivity index (χ3v) is 4.87. The highest BCUT2D eigenvalue weighted by molar-refractivity contribution is 7.15. The molecule has 1 aromatic heterocycles. The molecule has 126 valence electrons. The van der Waals surface area contributed by atoms with E-state index in [1.165, 1.54) is 11.3 Å². The molecule has 7 nitrogen and oxygen atoms in total. The summed E-state index contributed by atoms with van der Waals surface area (Å²) in [7, 11) is 1.61. The van der Waals surface area contributed by atoms with E-state index >= 15 is 0 Å². The lowest BCUT2D eigenvalue weighted by molar-refractivity contribution is -0.117. The zero-order valence-electron chi connectivity index (χ0n) is 13.5. The number of hydrogen-bond acceptors (Lipinski definition) is 6. The van der Waals surface area contributed by atoms with Gasteiger partial charge in [-0.15, -0.1) is 10.2 Å². The second kappa shape index (κ2) is 6.96. The summed E-state index contributed by atoms with van der Waals surface area (Å²) in [4.78, 5) is 25.5. The number of carbonyl (C=O) groups is 2. The van der Waals surface area contributed by atoms with E-state index in [-0.39, 0.29) is 17.7 Å². The number of methoxy groups -OCH3 is 1. The zero-order chi connectivity index (χ0) is 17.1. The molecule has 0 aliphatic carbocycles. The van der Waals surface area contributed by atoms with Crippen LogP contribution in [0.5, 0.6) is 5.75 Å². The van der Waals surface area contributed by atoms with E-state index in [1.54, 1.807) is 18.9 Å². The topological polar surface area (TPSA) is 84.4 Å². The molecule has 0 unspecified atom stereocenters. The predicted molar refractivity (Wildman–Crippen MR) is 91.5 cm³/mol. The standard InChI is InChI=1S/C16H18N4O3S/c1-3-13(21)17-16-19-18-15(24-16)10-8-14(22)20(9-10)11-4-6-12(23-2)7-5-11/h4-7,10H,3,8-9H2,1-2H3,(H,17,19,21)/t10-/m0/s1. The van der Waals surface area contributed by atoms with Crippen LogP contribution in [0.3, 0.4) is 0 Å². The van der Waals surface area contributed by atoms with Gasteiger partial charge in [-0.2, -0.15) is 0 Å². The molecule has 1 aromatic carbocycles. The Kier molecular flexibility index (Phi) is 4.75. The number of benzene rings is 1. The van der Waals surface area contributed by atoms with Crippen molar-refractivity contribution < 1.29 is 14.3 Å². The molecular formula is C16H18N4O3S. The zero-order valence-corrected chi connectivity index (χ0v) is 14.3. The molecule has 1 saturated heterocycles. The summed E-state index contributed by atoms with van der Waals surface area (Å²) in [6.07, 6.45) is 0.782. The van der Waals surface area contributed by atoms with Gasteiger partial charge in [0.05, 0.1) is 7.11 Å². The van der Waals surface area contributed by atoms with E-state index in [4.69, 9.17) is 4.74 Å². The third-order valence-electron chi connectivity index (χ3n) is 3.87. The number of hydrogen-bond donors (Lipinski definition) is 1. The van der Waals surface area contributed by atoms with Gasteiger partial charge in [0.1, 0.15) is 10.8 Å². The van der Waals surface area contributed by atoms with Crippen molar-refractivity contribution in [2.75, 3.05) is 23.9 Å². The minimum Gasteiger partial charge on any atom is -0.497 e. The Morgan fingerprint density at radius 3 is 2.79 bits per heavy atom. The van der Waals surface area contributed by atoms with Crippen molar-refractivity contribution in [3.05, 3.63) is 29.3 Å². The largest absolute Gasteiger partial charge is 0.497 e. The van der Waals surface area contributed by atoms with Crippen molar-refractivity contribution >= 4 is 34.0 Å². The number of carbonyl (C=O) groups excluding carboxylic acids is 2. The fraction of sp³-hybridized carbons (Fsp3) is 0.375. The average Bonchev–Trinajstić information content (AvgIpc) is 3.21. The lowest BCUT2D eigenvalue weighted by Crippen LogP contribution is -2.24. The van der Waals surface area contributed by atoms with Crippen molar-refractivity contribution in [2.24, 2.45) is 0 Å². The third kappa shape index (κ3) is 3.38. The van der Waals surface area contributed by atoms with Gasteiger partial charge in [0.15, 0.2) is 0 Å². The first kappa shape index (κ1) is 16.4. The number of anilines is 2. The molecule has 1 aliphatic rings. The summed E-state index contributed by atoms with van der Waals surface area (Å²) >= 11 is 1.33. The van der Waals surface area contributed by atoms with Crippen molar-refractivity contribution in [1.29, 1.82) is 0 Å². The summed E-state index contributed by atoms with van der Waals surface area (Å²) in [5.74, 6) is 0.700. The Balaban J connectivity index is 1.71. The van der Waals surface area contributed by atoms with Gasteiger partial charge < -0.3 is 15.0 Å². The highest BCUT2D eigenvalue weighted by Gasteiger charge is 2.33. The molecule has 1 aliphatic heterocycles. The van der Waals surface area contributed by atoms with Crippen LogP contribution in [0.4, 0.5) is 10.8 Å². The molecule has 2 aromatic rings. The van der Waals surface area contributed by atoms with E-state index in [9.17, 15) is 9.59 Å². The highest BCUT2D eigenvalue weighted by atomic mass is 32.1. The minimum atomic E-state index is -0.0972. The Morgan fingerprint density at radius 1 is 1.38 bits per heavy atom. The molecule has 0 spiro atoms. The van der Waals surface area contributed by atoms with Crippen LogP contribution in [-0.2, 0) is 9.59 Å². The lowest BCUT2D eigenvalue weighted by atomic mass is 10.1. The summed E-state index contributed by atoms with van der Waals surface area (Å²) < 4.78 is 5.14. The molecule has 0 saturated carbocycles. The molecule has 2 amide bonds. The Morgan fingerprint density at radius 2 is 2.12 bits per heavy atom. The smallest absolute Gasteiger partial charge is 0.227 e. The maximum absolute atomic E-state index is 12.3. The first-order chi connectivity index (χ1) is 11.6. The second-order valence-electron chi connectivity index (χ2n) is 5.45. The maximum Gasteiger partial charge on any atom is 0.227 e. The van der Waals surface area contributed by atoms with Crippen LogP contribution in [0.1, 0.15) is 30.7 Å². The quantitative estimate of drug-likeness (QED) is 0.899. The van der Waals surface area contributed by atoms with Crippen LogP contribution in [0.15, 0.2) is 24.3 Å². The van der Waals surface area contributed by atoms with Crippen LogP contribution in [0.25, 0.3) is 0 Å². The Labute approximate surface area is 143 Å². The SMILES string of the molecule is CCC(=O)Nc1nnc([C@H]2CC(=O)N(c3ccc(OC)cc3)C2)s1. The summed E-state index contributed by atoms with van der Waals surface area (Å²) in [6, 6.07) is 7.40. The van der Waals surface area contributed by atoms with Crippen LogP contribution in [0.2, 0.25) is 0 Å².